The summed E-state index contributed by atoms with van der Waals surface area (Å²) in [5, 5.41) is 0. The van der Waals surface area contributed by atoms with E-state index in [-0.39, 0.29) is 31.6 Å². The molecule has 0 amide bonds. The van der Waals surface area contributed by atoms with Crippen LogP contribution in [0.4, 0.5) is 22.0 Å². The van der Waals surface area contributed by atoms with Gasteiger partial charge in [-0.1, -0.05) is 0 Å². The van der Waals surface area contributed by atoms with E-state index < -0.39 is 82.1 Å². The predicted octanol–water partition coefficient (Wildman–Crippen LogP) is 3.76. The molecule has 6 nitrogen and oxygen atoms in total. The largest absolute Gasteiger partial charge is 0.490 e. The first kappa shape index (κ1) is 24.4. The zero-order chi connectivity index (χ0) is 25.4. The highest BCUT2D eigenvalue weighted by atomic mass is 32.2. The summed E-state index contributed by atoms with van der Waals surface area (Å²) in [5.74, 6) is -4.36. The number of alkyl halides is 3. The summed E-state index contributed by atoms with van der Waals surface area (Å²) < 4.78 is 128. The molecule has 0 aromatic heterocycles. The highest BCUT2D eigenvalue weighted by Crippen LogP contribution is 2.59. The molecule has 1 saturated carbocycles. The molecule has 2 aromatic carbocycles. The number of fused-ring (bicyclic) bond motifs is 5. The first-order valence-electron chi connectivity index (χ1n) is 10.8. The summed E-state index contributed by atoms with van der Waals surface area (Å²) in [5.41, 5.74) is -1.55. The van der Waals surface area contributed by atoms with Gasteiger partial charge >= 0.3 is 6.18 Å². The Labute approximate surface area is 198 Å². The normalized spacial score (nSPS) is 29.9. The van der Waals surface area contributed by atoms with Crippen LogP contribution in [-0.2, 0) is 30.8 Å². The molecule has 2 aromatic rings. The van der Waals surface area contributed by atoms with Crippen molar-refractivity contribution in [1.82, 2.24) is 4.72 Å². The minimum absolute atomic E-state index is 0.00958. The van der Waals surface area contributed by atoms with Crippen molar-refractivity contribution < 1.29 is 43.5 Å². The Morgan fingerprint density at radius 3 is 2.31 bits per heavy atom. The van der Waals surface area contributed by atoms with E-state index in [2.05, 4.69) is 4.72 Å². The molecule has 0 radical (unpaired) electrons. The minimum Gasteiger partial charge on any atom is -0.490 e. The van der Waals surface area contributed by atoms with Gasteiger partial charge in [-0.3, -0.25) is 0 Å². The minimum atomic E-state index is -4.69. The number of rotatable bonds is 2. The SMILES string of the molecule is O=S1(=O)CC[C@H]2C3COc4c(F)ccc(F)c4[C@]3(S(=O)(=O)c3ccc(C(F)(F)F)cc3)CC[C@H]2N1. The van der Waals surface area contributed by atoms with E-state index in [9.17, 15) is 34.4 Å². The standard InChI is InChI=1S/C22H20F5NO5S2/c23-16-5-6-17(24)20-19(16)21(35(31,32)13-3-1-12(2-4-13)22(25,26)27)9-7-18-14(15(21)11-33-20)8-10-34(29,30)28-18/h1-6,14-15,18,28H,7-11H2/t14-,15?,18+,21-/m0/s1. The third-order valence-electron chi connectivity index (χ3n) is 7.37. The topological polar surface area (TPSA) is 89.5 Å². The fraction of sp³-hybridized carbons (Fsp3) is 0.455. The van der Waals surface area contributed by atoms with E-state index in [1.54, 1.807) is 0 Å². The Bertz CT molecular complexity index is 1390. The zero-order valence-electron chi connectivity index (χ0n) is 18.0. The quantitative estimate of drug-likeness (QED) is 0.590. The van der Waals surface area contributed by atoms with Crippen LogP contribution >= 0.6 is 0 Å². The molecule has 2 fully saturated rings. The van der Waals surface area contributed by atoms with Crippen molar-refractivity contribution >= 4 is 19.9 Å². The Morgan fingerprint density at radius 1 is 1.00 bits per heavy atom. The summed E-state index contributed by atoms with van der Waals surface area (Å²) in [7, 11) is -8.18. The van der Waals surface area contributed by atoms with Crippen LogP contribution in [-0.4, -0.2) is 35.2 Å². The molecule has 2 heterocycles. The van der Waals surface area contributed by atoms with Gasteiger partial charge < -0.3 is 4.74 Å². The van der Waals surface area contributed by atoms with E-state index in [1.165, 1.54) is 0 Å². The maximum atomic E-state index is 15.3. The Balaban J connectivity index is 1.72. The van der Waals surface area contributed by atoms with Crippen LogP contribution in [0.5, 0.6) is 5.75 Å². The number of nitrogens with one attached hydrogen (secondary N) is 1. The van der Waals surface area contributed by atoms with Gasteiger partial charge in [-0.25, -0.2) is 30.3 Å². The van der Waals surface area contributed by atoms with Gasteiger partial charge in [0.1, 0.15) is 10.6 Å². The molecule has 13 heteroatoms. The number of sulfone groups is 1. The third-order valence-corrected chi connectivity index (χ3v) is 11.4. The van der Waals surface area contributed by atoms with Gasteiger partial charge in [0.25, 0.3) is 0 Å². The van der Waals surface area contributed by atoms with E-state index in [0.717, 1.165) is 24.3 Å². The zero-order valence-corrected chi connectivity index (χ0v) is 19.6. The first-order valence-corrected chi connectivity index (χ1v) is 13.9. The summed E-state index contributed by atoms with van der Waals surface area (Å²) in [6.45, 7) is -0.323. The van der Waals surface area contributed by atoms with Gasteiger partial charge in [-0.2, -0.15) is 13.2 Å². The molecule has 3 aliphatic rings. The number of hydrogen-bond donors (Lipinski definition) is 1. The highest BCUT2D eigenvalue weighted by Gasteiger charge is 2.63. The highest BCUT2D eigenvalue weighted by molar-refractivity contribution is 7.92. The van der Waals surface area contributed by atoms with Crippen molar-refractivity contribution in [1.29, 1.82) is 0 Å². The van der Waals surface area contributed by atoms with Gasteiger partial charge in [0.15, 0.2) is 21.4 Å². The Hall–Kier alpha value is -2.25. The maximum Gasteiger partial charge on any atom is 0.416 e. The van der Waals surface area contributed by atoms with Gasteiger partial charge in [-0.05, 0) is 61.6 Å². The monoisotopic (exact) mass is 537 g/mol. The Morgan fingerprint density at radius 2 is 1.66 bits per heavy atom. The van der Waals surface area contributed by atoms with Gasteiger partial charge in [0.05, 0.1) is 28.4 Å². The lowest BCUT2D eigenvalue weighted by Gasteiger charge is -2.54. The van der Waals surface area contributed by atoms with Crippen LogP contribution in [0, 0.1) is 23.5 Å². The lowest BCUT2D eigenvalue weighted by atomic mass is 9.64. The van der Waals surface area contributed by atoms with E-state index in [0.29, 0.717) is 12.1 Å². The van der Waals surface area contributed by atoms with E-state index in [4.69, 9.17) is 4.74 Å². The molecule has 1 saturated heterocycles. The predicted molar refractivity (Wildman–Crippen MR) is 114 cm³/mol. The molecule has 2 aliphatic heterocycles. The van der Waals surface area contributed by atoms with Crippen LogP contribution in [0.25, 0.3) is 0 Å². The molecule has 1 aliphatic carbocycles. The van der Waals surface area contributed by atoms with Crippen LogP contribution in [0.15, 0.2) is 41.3 Å². The average Bonchev–Trinajstić information content (AvgIpc) is 2.79. The molecule has 5 rings (SSSR count). The number of halogens is 5. The van der Waals surface area contributed by atoms with Crippen molar-refractivity contribution in [2.45, 2.75) is 41.1 Å². The molecule has 190 valence electrons. The van der Waals surface area contributed by atoms with Gasteiger partial charge in [-0.15, -0.1) is 0 Å². The lowest BCUT2D eigenvalue weighted by Crippen LogP contribution is -2.62. The molecule has 1 N–H and O–H groups in total. The van der Waals surface area contributed by atoms with Crippen LogP contribution in [0.2, 0.25) is 0 Å². The van der Waals surface area contributed by atoms with Crippen molar-refractivity contribution in [3.05, 3.63) is 59.2 Å². The second-order valence-corrected chi connectivity index (χ2v) is 13.2. The molecular formula is C22H20F5NO5S2. The van der Waals surface area contributed by atoms with Crippen molar-refractivity contribution in [2.24, 2.45) is 11.8 Å². The number of benzene rings is 2. The first-order chi connectivity index (χ1) is 16.3. The second kappa shape index (κ2) is 7.87. The van der Waals surface area contributed by atoms with Crippen LogP contribution in [0.1, 0.15) is 30.4 Å². The molecule has 1 unspecified atom stereocenters. The number of sulfonamides is 1. The van der Waals surface area contributed by atoms with E-state index in [1.807, 2.05) is 0 Å². The van der Waals surface area contributed by atoms with E-state index >= 15 is 4.39 Å². The van der Waals surface area contributed by atoms with Crippen LogP contribution < -0.4 is 9.46 Å². The molecule has 0 bridgehead atoms. The maximum absolute atomic E-state index is 15.3. The summed E-state index contributed by atoms with van der Waals surface area (Å²) in [6.07, 6.45) is -4.89. The fourth-order valence-corrected chi connectivity index (χ4v) is 9.69. The summed E-state index contributed by atoms with van der Waals surface area (Å²) in [4.78, 5) is -0.471. The lowest BCUT2D eigenvalue weighted by molar-refractivity contribution is -0.137. The van der Waals surface area contributed by atoms with Gasteiger partial charge in [0.2, 0.25) is 10.0 Å². The van der Waals surface area contributed by atoms with Crippen molar-refractivity contribution in [3.63, 3.8) is 0 Å². The molecular weight excluding hydrogens is 517 g/mol. The average molecular weight is 538 g/mol. The third kappa shape index (κ3) is 3.65. The van der Waals surface area contributed by atoms with Crippen molar-refractivity contribution in [2.75, 3.05) is 12.4 Å². The molecule has 0 spiro atoms. The summed E-state index contributed by atoms with van der Waals surface area (Å²) >= 11 is 0. The number of ether oxygens (including phenoxy) is 1. The number of hydrogen-bond acceptors (Lipinski definition) is 5. The Kier molecular flexibility index (Phi) is 5.50. The second-order valence-electron chi connectivity index (χ2n) is 9.10. The molecule has 4 atom stereocenters. The van der Waals surface area contributed by atoms with Gasteiger partial charge in [0, 0.05) is 12.0 Å². The van der Waals surface area contributed by atoms with Crippen molar-refractivity contribution in [3.8, 4) is 5.75 Å². The van der Waals surface area contributed by atoms with Crippen LogP contribution in [0.3, 0.4) is 0 Å². The smallest absolute Gasteiger partial charge is 0.416 e. The molecule has 35 heavy (non-hydrogen) atoms. The fourth-order valence-electron chi connectivity index (χ4n) is 5.84. The summed E-state index contributed by atoms with van der Waals surface area (Å²) in [6, 6.07) is 3.85.